The molecule has 0 bridgehead atoms. The number of benzene rings is 2. The summed E-state index contributed by atoms with van der Waals surface area (Å²) >= 11 is 0. The summed E-state index contributed by atoms with van der Waals surface area (Å²) in [6.45, 7) is 8.04. The van der Waals surface area contributed by atoms with Crippen molar-refractivity contribution in [1.82, 2.24) is 19.4 Å². The van der Waals surface area contributed by atoms with Gasteiger partial charge in [0.05, 0.1) is 10.6 Å². The Kier molecular flexibility index (Phi) is 6.11. The van der Waals surface area contributed by atoms with Crippen molar-refractivity contribution in [1.29, 1.82) is 0 Å². The average molecular weight is 481 g/mol. The molecule has 1 aromatic heterocycles. The Morgan fingerprint density at radius 3 is 2.38 bits per heavy atom. The first kappa shape index (κ1) is 22.6. The van der Waals surface area contributed by atoms with Crippen LogP contribution in [0.2, 0.25) is 0 Å². The van der Waals surface area contributed by atoms with E-state index in [9.17, 15) is 13.2 Å². The maximum atomic E-state index is 13.1. The van der Waals surface area contributed by atoms with Crippen molar-refractivity contribution in [2.75, 3.05) is 42.9 Å². The molecule has 9 nitrogen and oxygen atoms in total. The number of nitrogens with one attached hydrogen (secondary N) is 2. The summed E-state index contributed by atoms with van der Waals surface area (Å²) in [4.78, 5) is 17.9. The average Bonchev–Trinajstić information content (AvgIpc) is 3.49. The number of rotatable bonds is 6. The molecule has 1 fully saturated rings. The Morgan fingerprint density at radius 2 is 1.71 bits per heavy atom. The van der Waals surface area contributed by atoms with Crippen LogP contribution in [0.3, 0.4) is 0 Å². The summed E-state index contributed by atoms with van der Waals surface area (Å²) < 4.78 is 27.3. The van der Waals surface area contributed by atoms with E-state index in [1.165, 1.54) is 12.1 Å². The lowest BCUT2D eigenvalue weighted by molar-refractivity contribution is 0.102. The van der Waals surface area contributed by atoms with Crippen LogP contribution in [0.25, 0.3) is 0 Å². The van der Waals surface area contributed by atoms with Gasteiger partial charge in [-0.2, -0.15) is 12.5 Å². The number of likely N-dealkylation sites (N-methyl/N-ethyl adjacent to an activating group) is 1. The molecule has 0 spiro atoms. The third-order valence-electron chi connectivity index (χ3n) is 6.46. The van der Waals surface area contributed by atoms with E-state index in [0.29, 0.717) is 29.9 Å². The van der Waals surface area contributed by atoms with E-state index in [4.69, 9.17) is 0 Å². The van der Waals surface area contributed by atoms with Crippen LogP contribution in [0.4, 0.5) is 11.5 Å². The molecule has 2 aliphatic rings. The summed E-state index contributed by atoms with van der Waals surface area (Å²) in [7, 11) is -3.86. The number of piperazine rings is 1. The van der Waals surface area contributed by atoms with E-state index >= 15 is 0 Å². The summed E-state index contributed by atoms with van der Waals surface area (Å²) in [6.07, 6.45) is 0. The number of aromatic nitrogens is 2. The van der Waals surface area contributed by atoms with Crippen molar-refractivity contribution in [2.24, 2.45) is 0 Å². The van der Waals surface area contributed by atoms with Crippen molar-refractivity contribution in [3.05, 3.63) is 71.4 Å². The quantitative estimate of drug-likeness (QED) is 0.558. The van der Waals surface area contributed by atoms with Crippen LogP contribution in [-0.4, -0.2) is 61.1 Å². The minimum absolute atomic E-state index is 0.153. The molecule has 178 valence electrons. The lowest BCUT2D eigenvalue weighted by Gasteiger charge is -2.35. The predicted octanol–water partition coefficient (Wildman–Crippen LogP) is 2.12. The van der Waals surface area contributed by atoms with Gasteiger partial charge in [0.1, 0.15) is 0 Å². The second-order valence-electron chi connectivity index (χ2n) is 8.46. The molecule has 0 saturated carbocycles. The normalized spacial score (nSPS) is 16.4. The summed E-state index contributed by atoms with van der Waals surface area (Å²) in [6, 6.07) is 15.7. The van der Waals surface area contributed by atoms with Gasteiger partial charge in [-0.15, -0.1) is 5.10 Å². The highest BCUT2D eigenvalue weighted by molar-refractivity contribution is 7.89. The summed E-state index contributed by atoms with van der Waals surface area (Å²) in [5, 5.41) is 10.3. The number of nitrogens with zero attached hydrogens (tertiary/aromatic N) is 4. The van der Waals surface area contributed by atoms with Gasteiger partial charge < -0.3 is 20.4 Å². The second-order valence-corrected chi connectivity index (χ2v) is 10.2. The molecule has 0 unspecified atom stereocenters. The molecule has 2 aliphatic heterocycles. The fourth-order valence-corrected chi connectivity index (χ4v) is 5.80. The fraction of sp³-hybridized carbons (Fsp3) is 0.333. The van der Waals surface area contributed by atoms with E-state index in [1.807, 2.05) is 12.1 Å². The molecule has 0 atom stereocenters. The zero-order valence-corrected chi connectivity index (χ0v) is 19.9. The third-order valence-corrected chi connectivity index (χ3v) is 8.09. The van der Waals surface area contributed by atoms with Gasteiger partial charge in [-0.3, -0.25) is 4.79 Å². The highest BCUT2D eigenvalue weighted by atomic mass is 32.2. The fourth-order valence-electron chi connectivity index (χ4n) is 4.45. The molecule has 3 aromatic rings. The molecule has 1 saturated heterocycles. The van der Waals surface area contributed by atoms with Gasteiger partial charge in [-0.25, -0.2) is 0 Å². The Labute approximate surface area is 199 Å². The smallest absolute Gasteiger partial charge is 0.283 e. The van der Waals surface area contributed by atoms with Crippen LogP contribution >= 0.6 is 0 Å². The van der Waals surface area contributed by atoms with E-state index in [-0.39, 0.29) is 16.6 Å². The van der Waals surface area contributed by atoms with Gasteiger partial charge in [-0.1, -0.05) is 25.1 Å². The molecular weight excluding hydrogens is 452 g/mol. The summed E-state index contributed by atoms with van der Waals surface area (Å²) in [5.74, 6) is -0.0527. The van der Waals surface area contributed by atoms with Crippen LogP contribution in [0.5, 0.6) is 0 Å². The molecule has 0 radical (unpaired) electrons. The Hall–Kier alpha value is -3.21. The molecule has 5 rings (SSSR count). The molecule has 34 heavy (non-hydrogen) atoms. The van der Waals surface area contributed by atoms with E-state index < -0.39 is 10.0 Å². The molecule has 10 heteroatoms. The van der Waals surface area contributed by atoms with Crippen LogP contribution in [0.1, 0.15) is 28.5 Å². The standard InChI is InChI=1S/C24H28N6O3S/c1-2-28-12-14-29(15-13-28)19-10-8-18(9-11-19)24(31)26-23-21-16-25-17-22(21)30(27-23)34(32,33)20-6-4-3-5-7-20/h3-11,25H,2,12-17H2,1H3,(H,26,27,31). The van der Waals surface area contributed by atoms with Crippen LogP contribution < -0.4 is 15.5 Å². The number of hydrogen-bond donors (Lipinski definition) is 2. The first-order valence-corrected chi connectivity index (χ1v) is 12.9. The van der Waals surface area contributed by atoms with Crippen molar-refractivity contribution < 1.29 is 13.2 Å². The lowest BCUT2D eigenvalue weighted by atomic mass is 10.1. The maximum Gasteiger partial charge on any atom is 0.283 e. The minimum atomic E-state index is -3.86. The van der Waals surface area contributed by atoms with Gasteiger partial charge in [0, 0.05) is 56.1 Å². The predicted molar refractivity (Wildman–Crippen MR) is 131 cm³/mol. The highest BCUT2D eigenvalue weighted by Crippen LogP contribution is 2.28. The zero-order chi connectivity index (χ0) is 23.7. The first-order valence-electron chi connectivity index (χ1n) is 11.5. The largest absolute Gasteiger partial charge is 0.369 e. The number of anilines is 2. The molecule has 3 heterocycles. The van der Waals surface area contributed by atoms with Gasteiger partial charge in [0.2, 0.25) is 0 Å². The van der Waals surface area contributed by atoms with E-state index in [0.717, 1.165) is 42.5 Å². The molecule has 2 N–H and O–H groups in total. The monoisotopic (exact) mass is 480 g/mol. The number of carbonyl (C=O) groups excluding carboxylic acids is 1. The van der Waals surface area contributed by atoms with Crippen LogP contribution in [0, 0.1) is 0 Å². The first-order chi connectivity index (χ1) is 16.5. The Bertz CT molecular complexity index is 1280. The van der Waals surface area contributed by atoms with Crippen molar-refractivity contribution in [2.45, 2.75) is 24.9 Å². The maximum absolute atomic E-state index is 13.1. The number of fused-ring (bicyclic) bond motifs is 1. The molecule has 0 aliphatic carbocycles. The van der Waals surface area contributed by atoms with E-state index in [1.54, 1.807) is 30.3 Å². The SMILES string of the molecule is CCN1CCN(c2ccc(C(=O)Nc3nn(S(=O)(=O)c4ccccc4)c4c3CNC4)cc2)CC1. The van der Waals surface area contributed by atoms with Gasteiger partial charge in [0.15, 0.2) is 5.82 Å². The topological polar surface area (TPSA) is 99.6 Å². The molecular formula is C24H28N6O3S. The van der Waals surface area contributed by atoms with E-state index in [2.05, 4.69) is 32.5 Å². The summed E-state index contributed by atoms with van der Waals surface area (Å²) in [5.41, 5.74) is 2.82. The highest BCUT2D eigenvalue weighted by Gasteiger charge is 2.30. The van der Waals surface area contributed by atoms with Crippen molar-refractivity contribution in [3.8, 4) is 0 Å². The van der Waals surface area contributed by atoms with Gasteiger partial charge in [-0.05, 0) is 42.9 Å². The van der Waals surface area contributed by atoms with Gasteiger partial charge >= 0.3 is 0 Å². The number of amides is 1. The van der Waals surface area contributed by atoms with Crippen molar-refractivity contribution >= 4 is 27.4 Å². The lowest BCUT2D eigenvalue weighted by Crippen LogP contribution is -2.46. The van der Waals surface area contributed by atoms with Crippen molar-refractivity contribution in [3.63, 3.8) is 0 Å². The Morgan fingerprint density at radius 1 is 1.00 bits per heavy atom. The third kappa shape index (κ3) is 4.20. The van der Waals surface area contributed by atoms with Gasteiger partial charge in [0.25, 0.3) is 15.9 Å². The zero-order valence-electron chi connectivity index (χ0n) is 19.1. The Balaban J connectivity index is 1.34. The van der Waals surface area contributed by atoms with Crippen LogP contribution in [0.15, 0.2) is 59.5 Å². The molecule has 2 aromatic carbocycles. The molecule has 1 amide bonds. The number of hydrogen-bond acceptors (Lipinski definition) is 7. The second kappa shape index (κ2) is 9.21. The minimum Gasteiger partial charge on any atom is -0.369 e. The van der Waals surface area contributed by atoms with Crippen LogP contribution in [-0.2, 0) is 23.1 Å². The number of carbonyl (C=O) groups is 1.